The van der Waals surface area contributed by atoms with E-state index >= 15 is 0 Å². The summed E-state index contributed by atoms with van der Waals surface area (Å²) in [7, 11) is 0. The van der Waals surface area contributed by atoms with E-state index < -0.39 is 0 Å². The summed E-state index contributed by atoms with van der Waals surface area (Å²) in [6.45, 7) is 2.14. The van der Waals surface area contributed by atoms with Gasteiger partial charge in [-0.05, 0) is 52.9 Å². The molecule has 2 aliphatic rings. The van der Waals surface area contributed by atoms with Crippen molar-refractivity contribution >= 4 is 17.6 Å². The van der Waals surface area contributed by atoms with Crippen LogP contribution in [0.2, 0.25) is 0 Å². The molecule has 3 amide bonds. The molecule has 1 aliphatic carbocycles. The molecule has 0 atom stereocenters. The number of rotatable bonds is 2. The molecule has 0 unspecified atom stereocenters. The van der Waals surface area contributed by atoms with Crippen molar-refractivity contribution in [2.45, 2.75) is 6.42 Å². The number of piperazine rings is 1. The third kappa shape index (κ3) is 3.43. The number of amides is 3. The summed E-state index contributed by atoms with van der Waals surface area (Å²) in [5.41, 5.74) is 6.60. The minimum Gasteiger partial charge on any atom is -0.335 e. The van der Waals surface area contributed by atoms with Gasteiger partial charge in [0, 0.05) is 37.4 Å². The van der Waals surface area contributed by atoms with Gasteiger partial charge in [0.1, 0.15) is 0 Å². The molecular weight excluding hydrogens is 374 g/mol. The number of fused-ring (bicyclic) bond motifs is 3. The second-order valence-corrected chi connectivity index (χ2v) is 7.78. The first-order valence-corrected chi connectivity index (χ1v) is 10.3. The zero-order chi connectivity index (χ0) is 20.5. The Labute approximate surface area is 175 Å². The SMILES string of the molecule is O=C(Nc1ccc2c(c1)Cc1ccccc1-2)N1CCN(C(=O)c2ccccc2)CC1. The predicted molar refractivity (Wildman–Crippen MR) is 118 cm³/mol. The fourth-order valence-electron chi connectivity index (χ4n) is 4.30. The standard InChI is InChI=1S/C25H23N3O2/c29-24(18-6-2-1-3-7-18)27-12-14-28(15-13-27)25(30)26-21-10-11-23-20(17-21)16-19-8-4-5-9-22(19)23/h1-11,17H,12-16H2,(H,26,30). The zero-order valence-corrected chi connectivity index (χ0v) is 16.7. The molecule has 0 radical (unpaired) electrons. The average Bonchev–Trinajstić information content (AvgIpc) is 3.17. The Morgan fingerprint density at radius 3 is 2.17 bits per heavy atom. The van der Waals surface area contributed by atoms with Gasteiger partial charge >= 0.3 is 6.03 Å². The number of nitrogens with zero attached hydrogens (tertiary/aromatic N) is 2. The van der Waals surface area contributed by atoms with Gasteiger partial charge in [-0.3, -0.25) is 4.79 Å². The number of nitrogens with one attached hydrogen (secondary N) is 1. The van der Waals surface area contributed by atoms with Gasteiger partial charge in [-0.1, -0.05) is 48.5 Å². The molecule has 0 spiro atoms. The summed E-state index contributed by atoms with van der Waals surface area (Å²) in [6, 6.07) is 23.7. The maximum absolute atomic E-state index is 12.7. The summed E-state index contributed by atoms with van der Waals surface area (Å²) in [5.74, 6) is 0.0221. The first kappa shape index (κ1) is 18.4. The number of carbonyl (C=O) groups excluding carboxylic acids is 2. The molecule has 1 heterocycles. The van der Waals surface area contributed by atoms with E-state index in [-0.39, 0.29) is 11.9 Å². The van der Waals surface area contributed by atoms with Gasteiger partial charge in [0.2, 0.25) is 0 Å². The van der Waals surface area contributed by atoms with Crippen LogP contribution < -0.4 is 5.32 Å². The molecule has 5 rings (SSSR count). The van der Waals surface area contributed by atoms with Crippen LogP contribution in [0.3, 0.4) is 0 Å². The Hall–Kier alpha value is -3.60. The van der Waals surface area contributed by atoms with Gasteiger partial charge in [-0.15, -0.1) is 0 Å². The van der Waals surface area contributed by atoms with Crippen LogP contribution in [0.5, 0.6) is 0 Å². The van der Waals surface area contributed by atoms with Crippen LogP contribution in [0.15, 0.2) is 72.8 Å². The molecule has 1 saturated heterocycles. The van der Waals surface area contributed by atoms with Crippen LogP contribution >= 0.6 is 0 Å². The third-order valence-electron chi connectivity index (χ3n) is 5.92. The van der Waals surface area contributed by atoms with Crippen LogP contribution in [0.25, 0.3) is 11.1 Å². The molecule has 3 aromatic carbocycles. The van der Waals surface area contributed by atoms with Crippen LogP contribution in [0.4, 0.5) is 10.5 Å². The van der Waals surface area contributed by atoms with E-state index in [0.717, 1.165) is 12.1 Å². The Balaban J connectivity index is 1.20. The third-order valence-corrected chi connectivity index (χ3v) is 5.92. The highest BCUT2D eigenvalue weighted by Gasteiger charge is 2.25. The first-order valence-electron chi connectivity index (χ1n) is 10.3. The van der Waals surface area contributed by atoms with E-state index in [0.29, 0.717) is 31.7 Å². The van der Waals surface area contributed by atoms with Crippen molar-refractivity contribution in [2.75, 3.05) is 31.5 Å². The van der Waals surface area contributed by atoms with E-state index in [1.165, 1.54) is 22.3 Å². The molecule has 0 bridgehead atoms. The maximum Gasteiger partial charge on any atom is 0.321 e. The second-order valence-electron chi connectivity index (χ2n) is 7.78. The van der Waals surface area contributed by atoms with E-state index in [1.807, 2.05) is 41.3 Å². The Kier molecular flexibility index (Phi) is 4.71. The molecule has 0 saturated carbocycles. The molecular formula is C25H23N3O2. The smallest absolute Gasteiger partial charge is 0.321 e. The van der Waals surface area contributed by atoms with Crippen LogP contribution in [-0.4, -0.2) is 47.9 Å². The fraction of sp³-hybridized carbons (Fsp3) is 0.200. The summed E-state index contributed by atoms with van der Waals surface area (Å²) < 4.78 is 0. The largest absolute Gasteiger partial charge is 0.335 e. The minimum absolute atomic E-state index is 0.0221. The second kappa shape index (κ2) is 7.67. The van der Waals surface area contributed by atoms with Crippen molar-refractivity contribution in [1.82, 2.24) is 9.80 Å². The number of hydrogen-bond donors (Lipinski definition) is 1. The van der Waals surface area contributed by atoms with Crippen molar-refractivity contribution in [1.29, 1.82) is 0 Å². The maximum atomic E-state index is 12.7. The monoisotopic (exact) mass is 397 g/mol. The zero-order valence-electron chi connectivity index (χ0n) is 16.7. The molecule has 0 aromatic heterocycles. The minimum atomic E-state index is -0.114. The normalized spacial score (nSPS) is 14.8. The highest BCUT2D eigenvalue weighted by molar-refractivity contribution is 5.95. The van der Waals surface area contributed by atoms with Crippen molar-refractivity contribution in [3.05, 3.63) is 89.5 Å². The van der Waals surface area contributed by atoms with Gasteiger partial charge in [-0.2, -0.15) is 0 Å². The van der Waals surface area contributed by atoms with E-state index in [2.05, 4.69) is 41.7 Å². The molecule has 5 nitrogen and oxygen atoms in total. The van der Waals surface area contributed by atoms with Gasteiger partial charge in [0.15, 0.2) is 0 Å². The van der Waals surface area contributed by atoms with Gasteiger partial charge in [0.05, 0.1) is 0 Å². The number of anilines is 1. The predicted octanol–water partition coefficient (Wildman–Crippen LogP) is 4.25. The lowest BCUT2D eigenvalue weighted by molar-refractivity contribution is 0.0671. The lowest BCUT2D eigenvalue weighted by Crippen LogP contribution is -2.51. The Morgan fingerprint density at radius 1 is 0.700 bits per heavy atom. The van der Waals surface area contributed by atoms with Crippen LogP contribution in [-0.2, 0) is 6.42 Å². The van der Waals surface area contributed by atoms with Crippen molar-refractivity contribution in [3.63, 3.8) is 0 Å². The fourth-order valence-corrected chi connectivity index (χ4v) is 4.30. The summed E-state index contributed by atoms with van der Waals surface area (Å²) in [4.78, 5) is 28.9. The van der Waals surface area contributed by atoms with Crippen LogP contribution in [0.1, 0.15) is 21.5 Å². The molecule has 1 aliphatic heterocycles. The molecule has 1 N–H and O–H groups in total. The van der Waals surface area contributed by atoms with Crippen LogP contribution in [0, 0.1) is 0 Å². The summed E-state index contributed by atoms with van der Waals surface area (Å²) in [5, 5.41) is 3.03. The molecule has 150 valence electrons. The topological polar surface area (TPSA) is 52.7 Å². The van der Waals surface area contributed by atoms with E-state index in [9.17, 15) is 9.59 Å². The number of benzene rings is 3. The molecule has 3 aromatic rings. The number of urea groups is 1. The highest BCUT2D eigenvalue weighted by atomic mass is 16.2. The Bertz CT molecular complexity index is 1100. The van der Waals surface area contributed by atoms with Gasteiger partial charge in [0.25, 0.3) is 5.91 Å². The Morgan fingerprint density at radius 2 is 1.37 bits per heavy atom. The summed E-state index contributed by atoms with van der Waals surface area (Å²) in [6.07, 6.45) is 0.898. The van der Waals surface area contributed by atoms with Crippen molar-refractivity contribution in [2.24, 2.45) is 0 Å². The lowest BCUT2D eigenvalue weighted by Gasteiger charge is -2.34. The van der Waals surface area contributed by atoms with Gasteiger partial charge in [-0.25, -0.2) is 4.79 Å². The van der Waals surface area contributed by atoms with Crippen molar-refractivity contribution in [3.8, 4) is 11.1 Å². The first-order chi connectivity index (χ1) is 14.7. The molecule has 1 fully saturated rings. The van der Waals surface area contributed by atoms with E-state index in [4.69, 9.17) is 0 Å². The molecule has 5 heteroatoms. The molecule has 30 heavy (non-hydrogen) atoms. The van der Waals surface area contributed by atoms with Crippen molar-refractivity contribution < 1.29 is 9.59 Å². The van der Waals surface area contributed by atoms with Gasteiger partial charge < -0.3 is 15.1 Å². The average molecular weight is 397 g/mol. The number of hydrogen-bond acceptors (Lipinski definition) is 2. The summed E-state index contributed by atoms with van der Waals surface area (Å²) >= 11 is 0. The van der Waals surface area contributed by atoms with E-state index in [1.54, 1.807) is 4.90 Å². The highest BCUT2D eigenvalue weighted by Crippen LogP contribution is 2.37. The number of carbonyl (C=O) groups is 2. The quantitative estimate of drug-likeness (QED) is 0.550. The lowest BCUT2D eigenvalue weighted by atomic mass is 10.1.